The van der Waals surface area contributed by atoms with E-state index >= 15 is 0 Å². The molecular formula is C18H14N2O3. The first-order chi connectivity index (χ1) is 11.3. The number of methoxy groups -OCH3 is 1. The zero-order valence-corrected chi connectivity index (χ0v) is 12.5. The van der Waals surface area contributed by atoms with Crippen LogP contribution in [0.4, 0.5) is 10.6 Å². The summed E-state index contributed by atoms with van der Waals surface area (Å²) in [5, 5.41) is 3.60. The minimum atomic E-state index is -0.484. The van der Waals surface area contributed by atoms with Gasteiger partial charge in [0.05, 0.1) is 7.11 Å². The summed E-state index contributed by atoms with van der Waals surface area (Å²) in [7, 11) is 1.61. The van der Waals surface area contributed by atoms with Crippen LogP contribution in [0.2, 0.25) is 0 Å². The lowest BCUT2D eigenvalue weighted by molar-refractivity contribution is 0.151. The van der Waals surface area contributed by atoms with Gasteiger partial charge in [-0.3, -0.25) is 5.32 Å². The Labute approximate surface area is 132 Å². The number of aromatic nitrogens is 1. The lowest BCUT2D eigenvalue weighted by atomic mass is 9.99. The Morgan fingerprint density at radius 1 is 1.17 bits per heavy atom. The quantitative estimate of drug-likeness (QED) is 0.778. The number of benzene rings is 2. The number of nitrogens with one attached hydrogen (secondary N) is 1. The lowest BCUT2D eigenvalue weighted by Crippen LogP contribution is -2.21. The van der Waals surface area contributed by atoms with Gasteiger partial charge in [0.25, 0.3) is 0 Å². The molecule has 1 amide bonds. The van der Waals surface area contributed by atoms with E-state index in [1.54, 1.807) is 7.11 Å². The summed E-state index contributed by atoms with van der Waals surface area (Å²) in [4.78, 5) is 16.0. The van der Waals surface area contributed by atoms with Crippen LogP contribution in [0.5, 0.6) is 5.75 Å². The standard InChI is InChI=1S/C18H14N2O3/c1-22-15-8-7-13(11-5-3-2-4-6-11)14-9-12-10-23-18(21)20-17(12)19-16(14)15/h2-9H,10H2,1H3,(H,19,20,21). The molecule has 3 aromatic rings. The van der Waals surface area contributed by atoms with Crippen LogP contribution in [0.3, 0.4) is 0 Å². The van der Waals surface area contributed by atoms with E-state index in [9.17, 15) is 4.79 Å². The molecule has 1 aliphatic rings. The third kappa shape index (κ3) is 2.26. The van der Waals surface area contributed by atoms with Crippen LogP contribution in [0.15, 0.2) is 48.5 Å². The zero-order chi connectivity index (χ0) is 15.8. The van der Waals surface area contributed by atoms with E-state index in [0.29, 0.717) is 11.6 Å². The van der Waals surface area contributed by atoms with Gasteiger partial charge >= 0.3 is 6.09 Å². The Hall–Kier alpha value is -3.08. The average molecular weight is 306 g/mol. The normalized spacial score (nSPS) is 13.2. The van der Waals surface area contributed by atoms with E-state index in [4.69, 9.17) is 9.47 Å². The second-order valence-corrected chi connectivity index (χ2v) is 5.27. The second-order valence-electron chi connectivity index (χ2n) is 5.27. The molecule has 1 aliphatic heterocycles. The zero-order valence-electron chi connectivity index (χ0n) is 12.5. The topological polar surface area (TPSA) is 60.5 Å². The van der Waals surface area contributed by atoms with Gasteiger partial charge in [-0.1, -0.05) is 30.3 Å². The van der Waals surface area contributed by atoms with Crippen molar-refractivity contribution in [3.8, 4) is 16.9 Å². The number of hydrogen-bond acceptors (Lipinski definition) is 4. The van der Waals surface area contributed by atoms with Gasteiger partial charge in [-0.15, -0.1) is 0 Å². The number of carbonyl (C=O) groups excluding carboxylic acids is 1. The fourth-order valence-electron chi connectivity index (χ4n) is 2.80. The first-order valence-corrected chi connectivity index (χ1v) is 7.26. The molecule has 0 saturated heterocycles. The van der Waals surface area contributed by atoms with Gasteiger partial charge in [-0.2, -0.15) is 0 Å². The highest BCUT2D eigenvalue weighted by Crippen LogP contribution is 2.36. The summed E-state index contributed by atoms with van der Waals surface area (Å²) in [6.07, 6.45) is -0.484. The SMILES string of the molecule is COc1ccc(-c2ccccc2)c2cc3c(nc12)NC(=O)OC3. The molecule has 0 spiro atoms. The van der Waals surface area contributed by atoms with Gasteiger partial charge < -0.3 is 9.47 Å². The van der Waals surface area contributed by atoms with Crippen molar-refractivity contribution < 1.29 is 14.3 Å². The summed E-state index contributed by atoms with van der Waals surface area (Å²) >= 11 is 0. The van der Waals surface area contributed by atoms with E-state index < -0.39 is 6.09 Å². The molecule has 5 nitrogen and oxygen atoms in total. The molecule has 0 bridgehead atoms. The van der Waals surface area contributed by atoms with Crippen LogP contribution >= 0.6 is 0 Å². The highest BCUT2D eigenvalue weighted by molar-refractivity contribution is 6.00. The van der Waals surface area contributed by atoms with Crippen molar-refractivity contribution in [3.63, 3.8) is 0 Å². The molecule has 0 aliphatic carbocycles. The summed E-state index contributed by atoms with van der Waals surface area (Å²) in [6.45, 7) is 0.218. The molecule has 2 heterocycles. The molecule has 2 aromatic carbocycles. The first kappa shape index (κ1) is 13.6. The van der Waals surface area contributed by atoms with E-state index in [1.807, 2.05) is 36.4 Å². The van der Waals surface area contributed by atoms with Crippen molar-refractivity contribution >= 4 is 22.8 Å². The van der Waals surface area contributed by atoms with Gasteiger partial charge in [-0.25, -0.2) is 9.78 Å². The predicted molar refractivity (Wildman–Crippen MR) is 87.5 cm³/mol. The number of nitrogens with zero attached hydrogens (tertiary/aromatic N) is 1. The minimum absolute atomic E-state index is 0.218. The monoisotopic (exact) mass is 306 g/mol. The Bertz CT molecular complexity index is 907. The van der Waals surface area contributed by atoms with Crippen molar-refractivity contribution in [3.05, 3.63) is 54.1 Å². The molecule has 1 aromatic heterocycles. The van der Waals surface area contributed by atoms with Crippen LogP contribution in [-0.2, 0) is 11.3 Å². The Morgan fingerprint density at radius 3 is 2.78 bits per heavy atom. The van der Waals surface area contributed by atoms with Crippen LogP contribution in [0.25, 0.3) is 22.0 Å². The molecule has 0 radical (unpaired) electrons. The maximum absolute atomic E-state index is 11.4. The van der Waals surface area contributed by atoms with Crippen LogP contribution in [-0.4, -0.2) is 18.2 Å². The number of hydrogen-bond donors (Lipinski definition) is 1. The molecule has 1 N–H and O–H groups in total. The molecule has 0 fully saturated rings. The molecule has 5 heteroatoms. The summed E-state index contributed by atoms with van der Waals surface area (Å²) in [5.74, 6) is 1.19. The van der Waals surface area contributed by atoms with Crippen molar-refractivity contribution in [1.82, 2.24) is 4.98 Å². The van der Waals surface area contributed by atoms with Crippen LogP contribution < -0.4 is 10.1 Å². The largest absolute Gasteiger partial charge is 0.494 e. The van der Waals surface area contributed by atoms with E-state index in [1.165, 1.54) is 0 Å². The molecule has 0 unspecified atom stereocenters. The third-order valence-corrected chi connectivity index (χ3v) is 3.91. The summed E-state index contributed by atoms with van der Waals surface area (Å²) < 4.78 is 10.5. The van der Waals surface area contributed by atoms with Gasteiger partial charge in [0.2, 0.25) is 0 Å². The van der Waals surface area contributed by atoms with Gasteiger partial charge in [0.15, 0.2) is 0 Å². The fourth-order valence-corrected chi connectivity index (χ4v) is 2.80. The number of pyridine rings is 1. The number of amides is 1. The minimum Gasteiger partial charge on any atom is -0.494 e. The molecule has 114 valence electrons. The average Bonchev–Trinajstić information content (AvgIpc) is 2.60. The Balaban J connectivity index is 2.01. The van der Waals surface area contributed by atoms with E-state index in [2.05, 4.69) is 22.4 Å². The van der Waals surface area contributed by atoms with Crippen LogP contribution in [0, 0.1) is 0 Å². The predicted octanol–water partition coefficient (Wildman–Crippen LogP) is 3.97. The summed E-state index contributed by atoms with van der Waals surface area (Å²) in [6, 6.07) is 16.0. The van der Waals surface area contributed by atoms with E-state index in [0.717, 1.165) is 27.6 Å². The molecule has 4 rings (SSSR count). The smallest absolute Gasteiger partial charge is 0.413 e. The Kier molecular flexibility index (Phi) is 3.12. The number of cyclic esters (lactones) is 1. The maximum Gasteiger partial charge on any atom is 0.413 e. The van der Waals surface area contributed by atoms with Crippen molar-refractivity contribution in [2.24, 2.45) is 0 Å². The number of fused-ring (bicyclic) bond motifs is 2. The second kappa shape index (κ2) is 5.28. The number of anilines is 1. The first-order valence-electron chi connectivity index (χ1n) is 7.26. The number of rotatable bonds is 2. The van der Waals surface area contributed by atoms with Crippen molar-refractivity contribution in [1.29, 1.82) is 0 Å². The van der Waals surface area contributed by atoms with Gasteiger partial charge in [0.1, 0.15) is 23.7 Å². The lowest BCUT2D eigenvalue weighted by Gasteiger charge is -2.19. The third-order valence-electron chi connectivity index (χ3n) is 3.91. The number of carbonyl (C=O) groups is 1. The van der Waals surface area contributed by atoms with Gasteiger partial charge in [-0.05, 0) is 29.3 Å². The fraction of sp³-hybridized carbons (Fsp3) is 0.111. The summed E-state index contributed by atoms with van der Waals surface area (Å²) in [5.41, 5.74) is 3.73. The molecule has 23 heavy (non-hydrogen) atoms. The maximum atomic E-state index is 11.4. The molecular weight excluding hydrogens is 292 g/mol. The highest BCUT2D eigenvalue weighted by Gasteiger charge is 2.20. The Morgan fingerprint density at radius 2 is 2.00 bits per heavy atom. The highest BCUT2D eigenvalue weighted by atomic mass is 16.5. The molecule has 0 atom stereocenters. The number of ether oxygens (including phenoxy) is 2. The van der Waals surface area contributed by atoms with E-state index in [-0.39, 0.29) is 6.61 Å². The van der Waals surface area contributed by atoms with Crippen molar-refractivity contribution in [2.75, 3.05) is 12.4 Å². The van der Waals surface area contributed by atoms with Crippen LogP contribution in [0.1, 0.15) is 5.56 Å². The van der Waals surface area contributed by atoms with Gasteiger partial charge in [0, 0.05) is 10.9 Å². The van der Waals surface area contributed by atoms with Crippen molar-refractivity contribution in [2.45, 2.75) is 6.61 Å². The molecule has 0 saturated carbocycles.